The van der Waals surface area contributed by atoms with Crippen molar-refractivity contribution in [2.24, 2.45) is 0 Å². The molecule has 0 aromatic heterocycles. The quantitative estimate of drug-likeness (QED) is 0.554. The number of alkyl halides is 1. The van der Waals surface area contributed by atoms with Gasteiger partial charge in [0.1, 0.15) is 12.4 Å². The van der Waals surface area contributed by atoms with E-state index >= 15 is 0 Å². The monoisotopic (exact) mass is 382 g/mol. The van der Waals surface area contributed by atoms with E-state index in [2.05, 4.69) is 5.32 Å². The van der Waals surface area contributed by atoms with E-state index in [0.29, 0.717) is 38.4 Å². The molecule has 7 heteroatoms. The first-order chi connectivity index (χ1) is 12.6. The summed E-state index contributed by atoms with van der Waals surface area (Å²) in [7, 11) is 0. The zero-order chi connectivity index (χ0) is 18.8. The normalized spacial score (nSPS) is 14.8. The van der Waals surface area contributed by atoms with Crippen LogP contribution in [0, 0.1) is 6.92 Å². The van der Waals surface area contributed by atoms with Crippen LogP contribution in [0.25, 0.3) is 0 Å². The Morgan fingerprint density at radius 1 is 1.23 bits per heavy atom. The molecule has 1 aromatic rings. The number of aryl methyl sites for hydroxylation is 1. The van der Waals surface area contributed by atoms with Crippen LogP contribution in [0.3, 0.4) is 0 Å². The lowest BCUT2D eigenvalue weighted by atomic mass is 10.1. The molecule has 26 heavy (non-hydrogen) atoms. The van der Waals surface area contributed by atoms with Crippen LogP contribution in [0.1, 0.15) is 31.2 Å². The Morgan fingerprint density at radius 3 is 2.65 bits per heavy atom. The average Bonchev–Trinajstić information content (AvgIpc) is 2.65. The van der Waals surface area contributed by atoms with Gasteiger partial charge in [-0.3, -0.25) is 4.79 Å². The van der Waals surface area contributed by atoms with Crippen LogP contribution in [0.2, 0.25) is 0 Å². The van der Waals surface area contributed by atoms with E-state index in [-0.39, 0.29) is 24.6 Å². The van der Waals surface area contributed by atoms with Crippen LogP contribution in [-0.4, -0.2) is 55.1 Å². The summed E-state index contributed by atoms with van der Waals surface area (Å²) < 4.78 is 10.7. The third-order valence-electron chi connectivity index (χ3n) is 4.32. The molecule has 1 aliphatic rings. The maximum atomic E-state index is 12.1. The number of nitrogens with one attached hydrogen (secondary N) is 1. The van der Waals surface area contributed by atoms with Crippen LogP contribution < -0.4 is 10.1 Å². The van der Waals surface area contributed by atoms with E-state index in [0.717, 1.165) is 24.2 Å². The second-order valence-electron chi connectivity index (χ2n) is 6.35. The van der Waals surface area contributed by atoms with Crippen molar-refractivity contribution >= 4 is 23.6 Å². The summed E-state index contributed by atoms with van der Waals surface area (Å²) in [5, 5.41) is 3.04. The van der Waals surface area contributed by atoms with Crippen LogP contribution in [0.4, 0.5) is 4.79 Å². The van der Waals surface area contributed by atoms with Crippen molar-refractivity contribution in [1.29, 1.82) is 0 Å². The first-order valence-corrected chi connectivity index (χ1v) is 9.59. The number of benzene rings is 1. The van der Waals surface area contributed by atoms with E-state index in [1.165, 1.54) is 0 Å². The van der Waals surface area contributed by atoms with Crippen molar-refractivity contribution in [2.45, 2.75) is 38.6 Å². The molecule has 0 bridgehead atoms. The van der Waals surface area contributed by atoms with E-state index < -0.39 is 0 Å². The second-order valence-corrected chi connectivity index (χ2v) is 6.73. The van der Waals surface area contributed by atoms with Gasteiger partial charge in [-0.1, -0.05) is 18.2 Å². The Bertz CT molecular complexity index is 589. The highest BCUT2D eigenvalue weighted by molar-refractivity contribution is 6.18. The summed E-state index contributed by atoms with van der Waals surface area (Å²) in [5.74, 6) is 1.19. The molecule has 0 saturated carbocycles. The van der Waals surface area contributed by atoms with Gasteiger partial charge in [0.25, 0.3) is 0 Å². The van der Waals surface area contributed by atoms with Gasteiger partial charge in [0, 0.05) is 25.6 Å². The maximum absolute atomic E-state index is 12.1. The van der Waals surface area contributed by atoms with Gasteiger partial charge in [-0.05, 0) is 37.8 Å². The lowest BCUT2D eigenvalue weighted by Crippen LogP contribution is -2.46. The van der Waals surface area contributed by atoms with Crippen molar-refractivity contribution in [1.82, 2.24) is 10.2 Å². The molecule has 1 aromatic carbocycles. The molecule has 2 amide bonds. The molecule has 1 saturated heterocycles. The van der Waals surface area contributed by atoms with Crippen molar-refractivity contribution in [3.63, 3.8) is 0 Å². The Labute approximate surface area is 159 Å². The number of rotatable bonds is 8. The third-order valence-corrected chi connectivity index (χ3v) is 4.47. The molecule has 144 valence electrons. The van der Waals surface area contributed by atoms with Crippen molar-refractivity contribution < 1.29 is 19.1 Å². The molecule has 0 atom stereocenters. The summed E-state index contributed by atoms with van der Waals surface area (Å²) in [6.07, 6.45) is 2.25. The number of carbonyl (C=O) groups excluding carboxylic acids is 2. The van der Waals surface area contributed by atoms with Gasteiger partial charge < -0.3 is 19.7 Å². The smallest absolute Gasteiger partial charge is 0.409 e. The highest BCUT2D eigenvalue weighted by Gasteiger charge is 2.24. The molecule has 1 heterocycles. The van der Waals surface area contributed by atoms with Crippen LogP contribution >= 0.6 is 11.6 Å². The van der Waals surface area contributed by atoms with Crippen LogP contribution in [-0.2, 0) is 9.53 Å². The van der Waals surface area contributed by atoms with E-state index in [1.54, 1.807) is 4.90 Å². The Kier molecular flexibility index (Phi) is 8.54. The van der Waals surface area contributed by atoms with Gasteiger partial charge in [0.2, 0.25) is 5.91 Å². The van der Waals surface area contributed by atoms with Crippen molar-refractivity contribution in [3.8, 4) is 5.75 Å². The molecule has 1 fully saturated rings. The molecule has 1 aliphatic heterocycles. The lowest BCUT2D eigenvalue weighted by molar-refractivity contribution is -0.122. The summed E-state index contributed by atoms with van der Waals surface area (Å²) in [6, 6.07) is 7.95. The molecule has 2 rings (SSSR count). The lowest BCUT2D eigenvalue weighted by Gasteiger charge is -2.31. The zero-order valence-electron chi connectivity index (χ0n) is 15.2. The number of hydrogen-bond donors (Lipinski definition) is 1. The van der Waals surface area contributed by atoms with E-state index in [4.69, 9.17) is 21.1 Å². The van der Waals surface area contributed by atoms with Gasteiger partial charge in [-0.15, -0.1) is 11.6 Å². The Balaban J connectivity index is 1.59. The number of ether oxygens (including phenoxy) is 2. The highest BCUT2D eigenvalue weighted by atomic mass is 35.5. The Morgan fingerprint density at radius 2 is 1.96 bits per heavy atom. The highest BCUT2D eigenvalue weighted by Crippen LogP contribution is 2.16. The SMILES string of the molecule is Cc1ccccc1OCCCC(=O)NC1CCN(C(=O)OCCCl)CC1. The number of amides is 2. The first kappa shape index (κ1) is 20.4. The summed E-state index contributed by atoms with van der Waals surface area (Å²) in [4.78, 5) is 25.5. The molecule has 1 N–H and O–H groups in total. The van der Waals surface area contributed by atoms with Crippen molar-refractivity contribution in [3.05, 3.63) is 29.8 Å². The van der Waals surface area contributed by atoms with E-state index in [1.807, 2.05) is 31.2 Å². The maximum Gasteiger partial charge on any atom is 0.409 e. The fraction of sp³-hybridized carbons (Fsp3) is 0.579. The summed E-state index contributed by atoms with van der Waals surface area (Å²) >= 11 is 5.51. The minimum absolute atomic E-state index is 0.0292. The summed E-state index contributed by atoms with van der Waals surface area (Å²) in [5.41, 5.74) is 1.09. The molecule has 0 aliphatic carbocycles. The predicted octanol–water partition coefficient (Wildman–Crippen LogP) is 3.11. The van der Waals surface area contributed by atoms with Crippen LogP contribution in [0.15, 0.2) is 24.3 Å². The van der Waals surface area contributed by atoms with Gasteiger partial charge in [-0.2, -0.15) is 0 Å². The second kappa shape index (κ2) is 10.9. The molecular formula is C19H27ClN2O4. The topological polar surface area (TPSA) is 67.9 Å². The van der Waals surface area contributed by atoms with Crippen molar-refractivity contribution in [2.75, 3.05) is 32.2 Å². The van der Waals surface area contributed by atoms with E-state index in [9.17, 15) is 9.59 Å². The minimum atomic E-state index is -0.330. The standard InChI is InChI=1S/C19H27ClN2O4/c1-15-5-2-3-6-17(15)25-13-4-7-18(23)21-16-8-11-22(12-9-16)19(24)26-14-10-20/h2-3,5-6,16H,4,7-14H2,1H3,(H,21,23). The molecular weight excluding hydrogens is 356 g/mol. The molecule has 6 nitrogen and oxygen atoms in total. The molecule has 0 unspecified atom stereocenters. The minimum Gasteiger partial charge on any atom is -0.493 e. The third kappa shape index (κ3) is 6.75. The number of carbonyl (C=O) groups is 2. The summed E-state index contributed by atoms with van der Waals surface area (Å²) in [6.45, 7) is 3.91. The van der Waals surface area contributed by atoms with Gasteiger partial charge >= 0.3 is 6.09 Å². The molecule has 0 spiro atoms. The number of para-hydroxylation sites is 1. The number of halogens is 1. The average molecular weight is 383 g/mol. The molecule has 0 radical (unpaired) electrons. The number of piperidine rings is 1. The largest absolute Gasteiger partial charge is 0.493 e. The number of hydrogen-bond acceptors (Lipinski definition) is 4. The first-order valence-electron chi connectivity index (χ1n) is 9.05. The predicted molar refractivity (Wildman–Crippen MR) is 101 cm³/mol. The van der Waals surface area contributed by atoms with Crippen LogP contribution in [0.5, 0.6) is 5.75 Å². The van der Waals surface area contributed by atoms with Gasteiger partial charge in [0.15, 0.2) is 0 Å². The fourth-order valence-electron chi connectivity index (χ4n) is 2.86. The number of nitrogens with zero attached hydrogens (tertiary/aromatic N) is 1. The number of likely N-dealkylation sites (tertiary alicyclic amines) is 1. The van der Waals surface area contributed by atoms with Gasteiger partial charge in [-0.25, -0.2) is 4.79 Å². The van der Waals surface area contributed by atoms with Gasteiger partial charge in [0.05, 0.1) is 12.5 Å². The fourth-order valence-corrected chi connectivity index (χ4v) is 2.93. The zero-order valence-corrected chi connectivity index (χ0v) is 16.0. The Hall–Kier alpha value is -1.95.